The van der Waals surface area contributed by atoms with E-state index in [0.29, 0.717) is 0 Å². The summed E-state index contributed by atoms with van der Waals surface area (Å²) < 4.78 is 74.2. The zero-order chi connectivity index (χ0) is 18.1. The van der Waals surface area contributed by atoms with Crippen molar-refractivity contribution in [3.8, 4) is 0 Å². The predicted octanol–water partition coefficient (Wildman–Crippen LogP) is 1.43. The SMILES string of the molecule is CN(Cc1ccc(F)c(F)c1)S(=O)(=O)c1ccc(S(N)(=O)=O)cc1. The maximum atomic E-state index is 13.2. The molecule has 0 aromatic heterocycles. The first-order chi connectivity index (χ1) is 11.0. The van der Waals surface area contributed by atoms with E-state index in [9.17, 15) is 25.6 Å². The Labute approximate surface area is 138 Å². The quantitative estimate of drug-likeness (QED) is 0.854. The summed E-state index contributed by atoms with van der Waals surface area (Å²) in [6.07, 6.45) is 0. The second-order valence-corrected chi connectivity index (χ2v) is 8.63. The first-order valence-electron chi connectivity index (χ1n) is 6.55. The normalized spacial score (nSPS) is 12.5. The Morgan fingerprint density at radius 2 is 1.46 bits per heavy atom. The smallest absolute Gasteiger partial charge is 0.225 e. The van der Waals surface area contributed by atoms with Gasteiger partial charge in [-0.25, -0.2) is 30.8 Å². The Morgan fingerprint density at radius 3 is 1.96 bits per heavy atom. The summed E-state index contributed by atoms with van der Waals surface area (Å²) in [5.74, 6) is -2.10. The third-order valence-electron chi connectivity index (χ3n) is 3.25. The van der Waals surface area contributed by atoms with Crippen LogP contribution in [-0.2, 0) is 26.6 Å². The summed E-state index contributed by atoms with van der Waals surface area (Å²) in [6, 6.07) is 7.46. The number of hydrogen-bond donors (Lipinski definition) is 1. The van der Waals surface area contributed by atoms with Crippen LogP contribution in [0, 0.1) is 11.6 Å². The molecule has 0 bridgehead atoms. The number of benzene rings is 2. The van der Waals surface area contributed by atoms with Crippen LogP contribution in [0.4, 0.5) is 8.78 Å². The van der Waals surface area contributed by atoms with E-state index < -0.39 is 31.7 Å². The number of primary sulfonamides is 1. The molecule has 2 aromatic carbocycles. The van der Waals surface area contributed by atoms with Gasteiger partial charge in [-0.1, -0.05) is 6.07 Å². The molecule has 0 saturated heterocycles. The molecule has 6 nitrogen and oxygen atoms in total. The van der Waals surface area contributed by atoms with Crippen LogP contribution in [0.1, 0.15) is 5.56 Å². The zero-order valence-corrected chi connectivity index (χ0v) is 14.1. The van der Waals surface area contributed by atoms with Gasteiger partial charge in [-0.05, 0) is 42.0 Å². The molecule has 24 heavy (non-hydrogen) atoms. The molecule has 2 aromatic rings. The molecule has 10 heteroatoms. The molecule has 2 rings (SSSR count). The van der Waals surface area contributed by atoms with E-state index in [1.165, 1.54) is 13.1 Å². The van der Waals surface area contributed by atoms with Gasteiger partial charge in [0, 0.05) is 13.6 Å². The fourth-order valence-corrected chi connectivity index (χ4v) is 3.64. The summed E-state index contributed by atoms with van der Waals surface area (Å²) in [6.45, 7) is -0.184. The van der Waals surface area contributed by atoms with E-state index in [-0.39, 0.29) is 21.9 Å². The molecule has 0 atom stereocenters. The first-order valence-corrected chi connectivity index (χ1v) is 9.53. The van der Waals surface area contributed by atoms with Gasteiger partial charge in [0.2, 0.25) is 20.0 Å². The van der Waals surface area contributed by atoms with E-state index in [2.05, 4.69) is 0 Å². The highest BCUT2D eigenvalue weighted by Gasteiger charge is 2.22. The van der Waals surface area contributed by atoms with E-state index in [1.54, 1.807) is 0 Å². The molecule has 0 heterocycles. The topological polar surface area (TPSA) is 97.5 Å². The maximum absolute atomic E-state index is 13.2. The van der Waals surface area contributed by atoms with Crippen LogP contribution in [0.5, 0.6) is 0 Å². The van der Waals surface area contributed by atoms with Crippen LogP contribution >= 0.6 is 0 Å². The fraction of sp³-hybridized carbons (Fsp3) is 0.143. The number of nitrogens with zero attached hydrogens (tertiary/aromatic N) is 1. The largest absolute Gasteiger partial charge is 0.243 e. The first kappa shape index (κ1) is 18.5. The molecule has 0 saturated carbocycles. The predicted molar refractivity (Wildman–Crippen MR) is 82.8 cm³/mol. The second kappa shape index (κ2) is 6.55. The maximum Gasteiger partial charge on any atom is 0.243 e. The molecular formula is C14H14F2N2O4S2. The Morgan fingerprint density at radius 1 is 0.917 bits per heavy atom. The van der Waals surface area contributed by atoms with Crippen molar-refractivity contribution in [3.05, 3.63) is 59.7 Å². The van der Waals surface area contributed by atoms with Crippen LogP contribution in [0.25, 0.3) is 0 Å². The van der Waals surface area contributed by atoms with E-state index >= 15 is 0 Å². The third-order valence-corrected chi connectivity index (χ3v) is 6.00. The van der Waals surface area contributed by atoms with Crippen LogP contribution in [-0.4, -0.2) is 28.2 Å². The second-order valence-electron chi connectivity index (χ2n) is 5.03. The Kier molecular flexibility index (Phi) is 5.04. The Balaban J connectivity index is 2.27. The summed E-state index contributed by atoms with van der Waals surface area (Å²) >= 11 is 0. The van der Waals surface area contributed by atoms with Crippen LogP contribution in [0.3, 0.4) is 0 Å². The molecule has 0 aliphatic heterocycles. The number of hydrogen-bond acceptors (Lipinski definition) is 4. The molecule has 0 spiro atoms. The molecular weight excluding hydrogens is 362 g/mol. The molecule has 0 unspecified atom stereocenters. The van der Waals surface area contributed by atoms with Crippen molar-refractivity contribution >= 4 is 20.0 Å². The summed E-state index contributed by atoms with van der Waals surface area (Å²) in [5, 5.41) is 4.95. The van der Waals surface area contributed by atoms with Gasteiger partial charge < -0.3 is 0 Å². The monoisotopic (exact) mass is 376 g/mol. The van der Waals surface area contributed by atoms with Crippen molar-refractivity contribution in [1.29, 1.82) is 0 Å². The standard InChI is InChI=1S/C14H14F2N2O4S2/c1-18(9-10-2-7-13(15)14(16)8-10)24(21,22)12-5-3-11(4-6-12)23(17,19)20/h2-8H,9H2,1H3,(H2,17,19,20). The van der Waals surface area contributed by atoms with Crippen molar-refractivity contribution < 1.29 is 25.6 Å². The Hall–Kier alpha value is -1.88. The molecule has 0 radical (unpaired) electrons. The lowest BCUT2D eigenvalue weighted by Gasteiger charge is -2.17. The van der Waals surface area contributed by atoms with Crippen molar-refractivity contribution in [1.82, 2.24) is 4.31 Å². The van der Waals surface area contributed by atoms with Gasteiger partial charge >= 0.3 is 0 Å². The lowest BCUT2D eigenvalue weighted by molar-refractivity contribution is 0.461. The van der Waals surface area contributed by atoms with Crippen LogP contribution in [0.2, 0.25) is 0 Å². The van der Waals surface area contributed by atoms with E-state index in [0.717, 1.165) is 40.7 Å². The average Bonchev–Trinajstić information content (AvgIpc) is 2.50. The van der Waals surface area contributed by atoms with Gasteiger partial charge in [-0.15, -0.1) is 0 Å². The minimum absolute atomic E-state index is 0.153. The van der Waals surface area contributed by atoms with Crippen LogP contribution in [0.15, 0.2) is 52.3 Å². The minimum Gasteiger partial charge on any atom is -0.225 e. The molecule has 130 valence electrons. The highest BCUT2D eigenvalue weighted by Crippen LogP contribution is 2.19. The van der Waals surface area contributed by atoms with Crippen molar-refractivity contribution in [2.45, 2.75) is 16.3 Å². The number of halogens is 2. The molecule has 0 aliphatic carbocycles. The summed E-state index contributed by atoms with van der Waals surface area (Å²) in [4.78, 5) is -0.371. The minimum atomic E-state index is -3.94. The van der Waals surface area contributed by atoms with Gasteiger partial charge in [-0.2, -0.15) is 4.31 Å². The van der Waals surface area contributed by atoms with Gasteiger partial charge in [0.05, 0.1) is 9.79 Å². The highest BCUT2D eigenvalue weighted by atomic mass is 32.2. The van der Waals surface area contributed by atoms with Crippen LogP contribution < -0.4 is 5.14 Å². The van der Waals surface area contributed by atoms with Crippen molar-refractivity contribution in [2.75, 3.05) is 7.05 Å². The zero-order valence-electron chi connectivity index (χ0n) is 12.5. The lowest BCUT2D eigenvalue weighted by Crippen LogP contribution is -2.26. The lowest BCUT2D eigenvalue weighted by atomic mass is 10.2. The van der Waals surface area contributed by atoms with Crippen molar-refractivity contribution in [2.24, 2.45) is 5.14 Å². The molecule has 0 aliphatic rings. The Bertz CT molecular complexity index is 959. The number of nitrogens with two attached hydrogens (primary N) is 1. The number of sulfonamides is 2. The van der Waals surface area contributed by atoms with Gasteiger partial charge in [0.1, 0.15) is 0 Å². The van der Waals surface area contributed by atoms with Crippen molar-refractivity contribution in [3.63, 3.8) is 0 Å². The van der Waals surface area contributed by atoms with Gasteiger partial charge in [0.25, 0.3) is 0 Å². The summed E-state index contributed by atoms with van der Waals surface area (Å²) in [7, 11) is -6.60. The fourth-order valence-electron chi connectivity index (χ4n) is 1.96. The average molecular weight is 376 g/mol. The molecule has 2 N–H and O–H groups in total. The van der Waals surface area contributed by atoms with Gasteiger partial charge in [-0.3, -0.25) is 0 Å². The van der Waals surface area contributed by atoms with Gasteiger partial charge in [0.15, 0.2) is 11.6 Å². The summed E-state index contributed by atoms with van der Waals surface area (Å²) in [5.41, 5.74) is 0.265. The third kappa shape index (κ3) is 3.96. The van der Waals surface area contributed by atoms with E-state index in [1.807, 2.05) is 0 Å². The number of rotatable bonds is 5. The molecule has 0 fully saturated rings. The highest BCUT2D eigenvalue weighted by molar-refractivity contribution is 7.89. The van der Waals surface area contributed by atoms with E-state index in [4.69, 9.17) is 5.14 Å². The molecule has 0 amide bonds.